The molecule has 0 spiro atoms. The average molecular weight is 244 g/mol. The highest BCUT2D eigenvalue weighted by Crippen LogP contribution is 2.34. The average Bonchev–Trinajstić information content (AvgIpc) is 2.90. The molecule has 2 aromatic rings. The van der Waals surface area contributed by atoms with Crippen molar-refractivity contribution in [2.45, 2.75) is 31.9 Å². The highest BCUT2D eigenvalue weighted by molar-refractivity contribution is 5.43. The van der Waals surface area contributed by atoms with Gasteiger partial charge in [-0.25, -0.2) is 0 Å². The Hall–Kier alpha value is -1.81. The summed E-state index contributed by atoms with van der Waals surface area (Å²) in [7, 11) is 0. The number of rotatable bonds is 3. The van der Waals surface area contributed by atoms with Gasteiger partial charge in [-0.3, -0.25) is 0 Å². The highest BCUT2D eigenvalue weighted by atomic mass is 16.5. The molecule has 0 amide bonds. The van der Waals surface area contributed by atoms with Crippen molar-refractivity contribution in [1.29, 1.82) is 0 Å². The Morgan fingerprint density at radius 1 is 1.39 bits per heavy atom. The Kier molecular flexibility index (Phi) is 3.02. The molecule has 0 bridgehead atoms. The number of ether oxygens (including phenoxy) is 1. The van der Waals surface area contributed by atoms with E-state index in [1.54, 1.807) is 12.3 Å². The van der Waals surface area contributed by atoms with E-state index in [0.29, 0.717) is 6.61 Å². The highest BCUT2D eigenvalue weighted by Gasteiger charge is 2.19. The molecule has 1 unspecified atom stereocenters. The molecule has 1 heterocycles. The van der Waals surface area contributed by atoms with Gasteiger partial charge in [0.05, 0.1) is 6.20 Å². The Morgan fingerprint density at radius 3 is 3.17 bits per heavy atom. The largest absolute Gasteiger partial charge is 0.485 e. The van der Waals surface area contributed by atoms with Gasteiger partial charge in [0.1, 0.15) is 12.4 Å². The van der Waals surface area contributed by atoms with E-state index in [2.05, 4.69) is 11.2 Å². The van der Waals surface area contributed by atoms with Crippen LogP contribution in [-0.2, 0) is 13.0 Å². The molecule has 0 radical (unpaired) electrons. The third-order valence-electron chi connectivity index (χ3n) is 3.37. The SMILES string of the molecule is NC1CCCc2c(OCc3ccno3)cccc21. The van der Waals surface area contributed by atoms with Crippen LogP contribution in [0.4, 0.5) is 0 Å². The van der Waals surface area contributed by atoms with Crippen LogP contribution in [-0.4, -0.2) is 5.16 Å². The summed E-state index contributed by atoms with van der Waals surface area (Å²) in [5.74, 6) is 1.65. The van der Waals surface area contributed by atoms with E-state index in [4.69, 9.17) is 15.0 Å². The quantitative estimate of drug-likeness (QED) is 0.901. The molecular formula is C14H16N2O2. The Labute approximate surface area is 106 Å². The smallest absolute Gasteiger partial charge is 0.174 e. The van der Waals surface area contributed by atoms with Gasteiger partial charge in [-0.2, -0.15) is 0 Å². The molecule has 1 aromatic heterocycles. The van der Waals surface area contributed by atoms with Crippen molar-refractivity contribution >= 4 is 0 Å². The first-order valence-corrected chi connectivity index (χ1v) is 6.24. The number of benzene rings is 1. The molecule has 4 heteroatoms. The van der Waals surface area contributed by atoms with Crippen LogP contribution in [0.5, 0.6) is 5.75 Å². The van der Waals surface area contributed by atoms with Gasteiger partial charge in [0.25, 0.3) is 0 Å². The van der Waals surface area contributed by atoms with Crippen molar-refractivity contribution in [2.75, 3.05) is 0 Å². The fraction of sp³-hybridized carbons (Fsp3) is 0.357. The van der Waals surface area contributed by atoms with E-state index in [1.807, 2.05) is 12.1 Å². The van der Waals surface area contributed by atoms with E-state index in [0.717, 1.165) is 30.8 Å². The molecule has 1 aliphatic rings. The Morgan fingerprint density at radius 2 is 2.33 bits per heavy atom. The summed E-state index contributed by atoms with van der Waals surface area (Å²) in [6.45, 7) is 0.408. The standard InChI is InChI=1S/C14H16N2O2/c15-13-5-1-4-12-11(13)3-2-6-14(12)17-9-10-7-8-16-18-10/h2-3,6-8,13H,1,4-5,9,15H2. The number of nitrogens with two attached hydrogens (primary N) is 1. The maximum atomic E-state index is 6.12. The molecule has 1 atom stereocenters. The molecule has 0 fully saturated rings. The van der Waals surface area contributed by atoms with Gasteiger partial charge in [-0.05, 0) is 36.5 Å². The molecule has 94 valence electrons. The summed E-state index contributed by atoms with van der Waals surface area (Å²) in [6, 6.07) is 8.04. The molecule has 4 nitrogen and oxygen atoms in total. The maximum Gasteiger partial charge on any atom is 0.174 e. The maximum absolute atomic E-state index is 6.12. The minimum atomic E-state index is 0.141. The summed E-state index contributed by atoms with van der Waals surface area (Å²) < 4.78 is 10.8. The topological polar surface area (TPSA) is 61.3 Å². The van der Waals surface area contributed by atoms with Gasteiger partial charge in [-0.15, -0.1) is 0 Å². The van der Waals surface area contributed by atoms with Crippen LogP contribution < -0.4 is 10.5 Å². The fourth-order valence-corrected chi connectivity index (χ4v) is 2.45. The van der Waals surface area contributed by atoms with Gasteiger partial charge in [0.15, 0.2) is 5.76 Å². The first-order valence-electron chi connectivity index (χ1n) is 6.24. The molecule has 0 aliphatic heterocycles. The molecular weight excluding hydrogens is 228 g/mol. The Bertz CT molecular complexity index is 523. The zero-order valence-corrected chi connectivity index (χ0v) is 10.1. The van der Waals surface area contributed by atoms with Gasteiger partial charge in [0.2, 0.25) is 0 Å². The first-order chi connectivity index (χ1) is 8.84. The molecule has 1 aliphatic carbocycles. The monoisotopic (exact) mass is 244 g/mol. The van der Waals surface area contributed by atoms with E-state index in [1.165, 1.54) is 11.1 Å². The van der Waals surface area contributed by atoms with Crippen LogP contribution >= 0.6 is 0 Å². The summed E-state index contributed by atoms with van der Waals surface area (Å²) in [5, 5.41) is 3.66. The molecule has 2 N–H and O–H groups in total. The summed E-state index contributed by atoms with van der Waals surface area (Å²) in [5.41, 5.74) is 8.59. The number of aromatic nitrogens is 1. The minimum Gasteiger partial charge on any atom is -0.485 e. The van der Waals surface area contributed by atoms with Gasteiger partial charge >= 0.3 is 0 Å². The predicted molar refractivity (Wildman–Crippen MR) is 67.1 cm³/mol. The van der Waals surface area contributed by atoms with Crippen molar-refractivity contribution in [2.24, 2.45) is 5.73 Å². The predicted octanol–water partition coefficient (Wildman–Crippen LogP) is 2.59. The second kappa shape index (κ2) is 4.82. The van der Waals surface area contributed by atoms with Crippen LogP contribution in [0.15, 0.2) is 35.0 Å². The summed E-state index contributed by atoms with van der Waals surface area (Å²) >= 11 is 0. The second-order valence-corrected chi connectivity index (χ2v) is 4.59. The number of hydrogen-bond donors (Lipinski definition) is 1. The van der Waals surface area contributed by atoms with Crippen LogP contribution in [0.2, 0.25) is 0 Å². The number of nitrogens with zero attached hydrogens (tertiary/aromatic N) is 1. The molecule has 1 aromatic carbocycles. The summed E-state index contributed by atoms with van der Waals surface area (Å²) in [4.78, 5) is 0. The van der Waals surface area contributed by atoms with Crippen molar-refractivity contribution < 1.29 is 9.26 Å². The zero-order chi connectivity index (χ0) is 12.4. The van der Waals surface area contributed by atoms with Crippen molar-refractivity contribution in [1.82, 2.24) is 5.16 Å². The lowest BCUT2D eigenvalue weighted by molar-refractivity contribution is 0.246. The van der Waals surface area contributed by atoms with Crippen molar-refractivity contribution in [3.8, 4) is 5.75 Å². The second-order valence-electron chi connectivity index (χ2n) is 4.59. The number of fused-ring (bicyclic) bond motifs is 1. The van der Waals surface area contributed by atoms with Crippen molar-refractivity contribution in [3.63, 3.8) is 0 Å². The minimum absolute atomic E-state index is 0.141. The molecule has 0 saturated carbocycles. The van der Waals surface area contributed by atoms with Crippen molar-refractivity contribution in [3.05, 3.63) is 47.3 Å². The lowest BCUT2D eigenvalue weighted by Gasteiger charge is -2.24. The molecule has 18 heavy (non-hydrogen) atoms. The van der Waals surface area contributed by atoms with E-state index < -0.39 is 0 Å². The Balaban J connectivity index is 1.82. The van der Waals surface area contributed by atoms with Gasteiger partial charge in [0, 0.05) is 12.1 Å². The van der Waals surface area contributed by atoms with E-state index >= 15 is 0 Å². The first kappa shape index (κ1) is 11.3. The lowest BCUT2D eigenvalue weighted by atomic mass is 9.87. The van der Waals surface area contributed by atoms with Crippen LogP contribution in [0, 0.1) is 0 Å². The normalized spacial score (nSPS) is 18.4. The third-order valence-corrected chi connectivity index (χ3v) is 3.37. The zero-order valence-electron chi connectivity index (χ0n) is 10.1. The van der Waals surface area contributed by atoms with Gasteiger partial charge in [-0.1, -0.05) is 17.3 Å². The number of hydrogen-bond acceptors (Lipinski definition) is 4. The van der Waals surface area contributed by atoms with E-state index in [-0.39, 0.29) is 6.04 Å². The summed E-state index contributed by atoms with van der Waals surface area (Å²) in [6.07, 6.45) is 4.83. The molecule has 0 saturated heterocycles. The fourth-order valence-electron chi connectivity index (χ4n) is 2.45. The van der Waals surface area contributed by atoms with Crippen LogP contribution in [0.1, 0.15) is 35.8 Å². The molecule has 3 rings (SSSR count). The van der Waals surface area contributed by atoms with Crippen LogP contribution in [0.3, 0.4) is 0 Å². The lowest BCUT2D eigenvalue weighted by Crippen LogP contribution is -2.18. The van der Waals surface area contributed by atoms with Crippen LogP contribution in [0.25, 0.3) is 0 Å². The van der Waals surface area contributed by atoms with E-state index in [9.17, 15) is 0 Å². The van der Waals surface area contributed by atoms with Gasteiger partial charge < -0.3 is 15.0 Å². The third kappa shape index (κ3) is 2.11.